The van der Waals surface area contributed by atoms with Crippen LogP contribution in [0.25, 0.3) is 0 Å². The third-order valence-electron chi connectivity index (χ3n) is 12.0. The zero-order valence-electron chi connectivity index (χ0n) is 35.2. The van der Waals surface area contributed by atoms with Crippen molar-refractivity contribution < 1.29 is 43.7 Å². The standard InChI is InChI=1S/C47H59N3O10/c1-6-23-49(46(53)59-35-19-16-34(17-20-35)50(54)55)43-30-41(48-57-8-3)39-28-33(13-9-11-24-51)38(14-10-12-25-52)44-40-29-37(58-36-18-15-31(4)32(5)27-36)21-22-42(40)60-47(43,45(39)44)56-26-7-2/h7,15-22,27-29,33,38,43-45,51-52H,2,6,8-14,23-26,30H2,1,3-5H3. The van der Waals surface area contributed by atoms with Crippen molar-refractivity contribution >= 4 is 17.5 Å². The van der Waals surface area contributed by atoms with Crippen molar-refractivity contribution in [2.24, 2.45) is 22.9 Å². The first-order valence-corrected chi connectivity index (χ1v) is 21.3. The van der Waals surface area contributed by atoms with Gasteiger partial charge in [0.05, 0.1) is 23.2 Å². The van der Waals surface area contributed by atoms with Gasteiger partial charge in [0.15, 0.2) is 0 Å². The molecule has 3 aliphatic rings. The van der Waals surface area contributed by atoms with Crippen LogP contribution in [0.1, 0.15) is 87.8 Å². The molecule has 3 aromatic rings. The van der Waals surface area contributed by atoms with Gasteiger partial charge in [-0.25, -0.2) is 4.79 Å². The van der Waals surface area contributed by atoms with Gasteiger partial charge in [-0.1, -0.05) is 43.1 Å². The predicted octanol–water partition coefficient (Wildman–Crippen LogP) is 9.57. The quantitative estimate of drug-likeness (QED) is 0.0486. The summed E-state index contributed by atoms with van der Waals surface area (Å²) < 4.78 is 26.8. The molecule has 13 heteroatoms. The maximum absolute atomic E-state index is 14.5. The fourth-order valence-electron chi connectivity index (χ4n) is 9.18. The first-order chi connectivity index (χ1) is 29.1. The van der Waals surface area contributed by atoms with Gasteiger partial charge in [0, 0.05) is 49.8 Å². The van der Waals surface area contributed by atoms with Gasteiger partial charge < -0.3 is 34.0 Å². The van der Waals surface area contributed by atoms with Crippen LogP contribution in [-0.4, -0.2) is 76.6 Å². The molecule has 1 heterocycles. The van der Waals surface area contributed by atoms with Gasteiger partial charge in [0.2, 0.25) is 5.79 Å². The summed E-state index contributed by atoms with van der Waals surface area (Å²) in [4.78, 5) is 32.8. The second-order valence-corrected chi connectivity index (χ2v) is 15.9. The van der Waals surface area contributed by atoms with Gasteiger partial charge in [0.1, 0.15) is 35.6 Å². The monoisotopic (exact) mass is 825 g/mol. The molecule has 1 fully saturated rings. The van der Waals surface area contributed by atoms with Gasteiger partial charge in [-0.05, 0) is 124 Å². The molecule has 2 N–H and O–H groups in total. The summed E-state index contributed by atoms with van der Waals surface area (Å²) in [5, 5.41) is 35.9. The molecule has 0 saturated heterocycles. The molecule has 3 aromatic carbocycles. The van der Waals surface area contributed by atoms with Crippen LogP contribution in [0, 0.1) is 41.7 Å². The number of amides is 1. The van der Waals surface area contributed by atoms with E-state index in [1.807, 2.05) is 44.2 Å². The lowest BCUT2D eigenvalue weighted by Crippen LogP contribution is -2.70. The van der Waals surface area contributed by atoms with Gasteiger partial charge in [-0.3, -0.25) is 15.0 Å². The number of nitro groups is 1. The van der Waals surface area contributed by atoms with Crippen molar-refractivity contribution in [3.63, 3.8) is 0 Å². The Morgan fingerprint density at radius 3 is 2.35 bits per heavy atom. The van der Waals surface area contributed by atoms with Gasteiger partial charge >= 0.3 is 6.09 Å². The van der Waals surface area contributed by atoms with Crippen LogP contribution < -0.4 is 14.2 Å². The zero-order chi connectivity index (χ0) is 42.8. The maximum atomic E-state index is 14.5. The minimum atomic E-state index is -1.46. The van der Waals surface area contributed by atoms with Crippen LogP contribution in [0.15, 0.2) is 90.1 Å². The molecule has 1 saturated carbocycles. The number of carbonyl (C=O) groups excluding carboxylic acids is 1. The number of hydrogen-bond donors (Lipinski definition) is 2. The van der Waals surface area contributed by atoms with Crippen molar-refractivity contribution in [1.82, 2.24) is 4.90 Å². The topological polar surface area (TPSA) is 162 Å². The number of ether oxygens (including phenoxy) is 4. The fourth-order valence-corrected chi connectivity index (χ4v) is 9.18. The zero-order valence-corrected chi connectivity index (χ0v) is 35.2. The number of unbranched alkanes of at least 4 members (excludes halogenated alkanes) is 2. The number of oxime groups is 1. The Hall–Kier alpha value is -5.24. The molecule has 60 heavy (non-hydrogen) atoms. The van der Waals surface area contributed by atoms with Crippen LogP contribution in [0.4, 0.5) is 10.5 Å². The van der Waals surface area contributed by atoms with E-state index in [9.17, 15) is 25.1 Å². The van der Waals surface area contributed by atoms with Crippen LogP contribution in [0.2, 0.25) is 0 Å². The summed E-state index contributed by atoms with van der Waals surface area (Å²) >= 11 is 0. The molecule has 2 aliphatic carbocycles. The number of aliphatic hydroxyl groups excluding tert-OH is 2. The predicted molar refractivity (Wildman–Crippen MR) is 229 cm³/mol. The van der Waals surface area contributed by atoms with Gasteiger partial charge in [0.25, 0.3) is 5.69 Å². The van der Waals surface area contributed by atoms with E-state index >= 15 is 0 Å². The molecule has 1 amide bonds. The van der Waals surface area contributed by atoms with Crippen molar-refractivity contribution in [2.75, 3.05) is 33.0 Å². The van der Waals surface area contributed by atoms with Gasteiger partial charge in [-0.2, -0.15) is 0 Å². The first-order valence-electron chi connectivity index (χ1n) is 21.3. The number of allylic oxidation sites excluding steroid dienone is 1. The second-order valence-electron chi connectivity index (χ2n) is 15.9. The molecule has 6 unspecified atom stereocenters. The number of nitro benzene ring substituents is 1. The van der Waals surface area contributed by atoms with Crippen molar-refractivity contribution in [3.8, 4) is 23.0 Å². The molecule has 0 radical (unpaired) electrons. The lowest BCUT2D eigenvalue weighted by Gasteiger charge is -2.59. The van der Waals surface area contributed by atoms with E-state index in [-0.39, 0.29) is 62.0 Å². The first kappa shape index (κ1) is 44.3. The number of non-ortho nitro benzene ring substituents is 1. The van der Waals surface area contributed by atoms with E-state index in [2.05, 4.69) is 32.6 Å². The molecular weight excluding hydrogens is 767 g/mol. The minimum Gasteiger partial charge on any atom is -0.459 e. The summed E-state index contributed by atoms with van der Waals surface area (Å²) in [7, 11) is 0. The fraction of sp³-hybridized carbons (Fsp3) is 0.489. The summed E-state index contributed by atoms with van der Waals surface area (Å²) in [6.07, 6.45) is 8.61. The largest absolute Gasteiger partial charge is 0.459 e. The average Bonchev–Trinajstić information content (AvgIpc) is 3.24. The molecular formula is C47H59N3O10. The molecule has 6 rings (SSSR count). The Labute approximate surface area is 352 Å². The number of fused-ring (bicyclic) bond motifs is 2. The summed E-state index contributed by atoms with van der Waals surface area (Å²) in [5.41, 5.74) is 4.71. The Bertz CT molecular complexity index is 2030. The Morgan fingerprint density at radius 2 is 1.68 bits per heavy atom. The van der Waals surface area contributed by atoms with E-state index in [0.717, 1.165) is 48.1 Å². The van der Waals surface area contributed by atoms with Crippen LogP contribution >= 0.6 is 0 Å². The SMILES string of the molecule is C=CCOC12Oc3ccc(Oc4ccc(C)c(C)c4)cc3C3C(CCCCO)C(CCCCO)C=C(C(=NOCC)CC1N(CCC)C(=O)Oc1ccc([N+](=O)[O-])cc1)C32. The lowest BCUT2D eigenvalue weighted by atomic mass is 9.55. The Balaban J connectivity index is 1.55. The Kier molecular flexibility index (Phi) is 15.0. The van der Waals surface area contributed by atoms with Crippen LogP contribution in [0.5, 0.6) is 23.0 Å². The number of rotatable bonds is 20. The minimum absolute atomic E-state index is 0.0361. The van der Waals surface area contributed by atoms with Crippen LogP contribution in [-0.2, 0) is 9.57 Å². The second kappa shape index (κ2) is 20.3. The highest BCUT2D eigenvalue weighted by molar-refractivity contribution is 6.03. The maximum Gasteiger partial charge on any atom is 0.415 e. The molecule has 0 bridgehead atoms. The number of benzene rings is 3. The van der Waals surface area contributed by atoms with Crippen molar-refractivity contribution in [2.45, 2.75) is 96.8 Å². The van der Waals surface area contributed by atoms with E-state index in [1.165, 1.54) is 29.8 Å². The number of hydrogen-bond acceptors (Lipinski definition) is 11. The number of carbonyl (C=O) groups is 1. The number of aryl methyl sites for hydroxylation is 2. The normalized spacial score (nSPS) is 23.4. The molecule has 0 aromatic heterocycles. The van der Waals surface area contributed by atoms with E-state index in [0.29, 0.717) is 43.1 Å². The molecule has 1 aliphatic heterocycles. The third kappa shape index (κ3) is 9.53. The van der Waals surface area contributed by atoms with Crippen molar-refractivity contribution in [3.05, 3.63) is 112 Å². The average molecular weight is 826 g/mol. The summed E-state index contributed by atoms with van der Waals surface area (Å²) in [6.45, 7) is 12.9. The smallest absolute Gasteiger partial charge is 0.415 e. The van der Waals surface area contributed by atoms with E-state index in [1.54, 1.807) is 11.0 Å². The highest BCUT2D eigenvalue weighted by Gasteiger charge is 2.65. The molecule has 13 nitrogen and oxygen atoms in total. The third-order valence-corrected chi connectivity index (χ3v) is 12.0. The highest BCUT2D eigenvalue weighted by Crippen LogP contribution is 2.62. The highest BCUT2D eigenvalue weighted by atomic mass is 16.7. The van der Waals surface area contributed by atoms with Crippen molar-refractivity contribution in [1.29, 1.82) is 0 Å². The van der Waals surface area contributed by atoms with Gasteiger partial charge in [-0.15, -0.1) is 6.58 Å². The lowest BCUT2D eigenvalue weighted by molar-refractivity contribution is -0.384. The molecule has 6 atom stereocenters. The molecule has 0 spiro atoms. The summed E-state index contributed by atoms with van der Waals surface area (Å²) in [5.74, 6) is 0.0353. The Morgan fingerprint density at radius 1 is 0.983 bits per heavy atom. The van der Waals surface area contributed by atoms with E-state index in [4.69, 9.17) is 28.9 Å². The number of nitrogens with zero attached hydrogens (tertiary/aromatic N) is 3. The summed E-state index contributed by atoms with van der Waals surface area (Å²) in [6, 6.07) is 16.5. The van der Waals surface area contributed by atoms with E-state index < -0.39 is 28.8 Å². The molecule has 322 valence electrons. The van der Waals surface area contributed by atoms with Crippen LogP contribution in [0.3, 0.4) is 0 Å². The number of aliphatic hydroxyl groups is 2.